The van der Waals surface area contributed by atoms with Crippen LogP contribution in [0, 0.1) is 5.92 Å². The van der Waals surface area contributed by atoms with Crippen LogP contribution in [0.2, 0.25) is 0 Å². The molecule has 0 spiro atoms. The van der Waals surface area contributed by atoms with Crippen LogP contribution >= 0.6 is 0 Å². The lowest BCUT2D eigenvalue weighted by molar-refractivity contribution is -0.118. The number of para-hydroxylation sites is 1. The van der Waals surface area contributed by atoms with Gasteiger partial charge in [0.1, 0.15) is 0 Å². The summed E-state index contributed by atoms with van der Waals surface area (Å²) < 4.78 is 11.0. The summed E-state index contributed by atoms with van der Waals surface area (Å²) in [5.41, 5.74) is 2.48. The van der Waals surface area contributed by atoms with Gasteiger partial charge in [-0.15, -0.1) is 0 Å². The zero-order valence-corrected chi connectivity index (χ0v) is 18.8. The summed E-state index contributed by atoms with van der Waals surface area (Å²) >= 11 is 0. The molecule has 3 N–H and O–H groups in total. The van der Waals surface area contributed by atoms with Crippen molar-refractivity contribution < 1.29 is 19.1 Å². The Hall–Kier alpha value is -3.48. The van der Waals surface area contributed by atoms with Gasteiger partial charge in [-0.1, -0.05) is 52.8 Å². The van der Waals surface area contributed by atoms with Crippen molar-refractivity contribution in [3.63, 3.8) is 0 Å². The lowest BCUT2D eigenvalue weighted by Gasteiger charge is -2.24. The van der Waals surface area contributed by atoms with Gasteiger partial charge in [0, 0.05) is 22.9 Å². The van der Waals surface area contributed by atoms with Crippen LogP contribution in [0.25, 0.3) is 10.9 Å². The number of aromatic amines is 1. The molecule has 0 fully saturated rings. The Labute approximate surface area is 182 Å². The van der Waals surface area contributed by atoms with Crippen LogP contribution in [-0.2, 0) is 10.2 Å². The lowest BCUT2D eigenvalue weighted by Crippen LogP contribution is -2.22. The van der Waals surface area contributed by atoms with Gasteiger partial charge in [0.15, 0.2) is 5.75 Å². The minimum Gasteiger partial charge on any atom is -0.492 e. The van der Waals surface area contributed by atoms with Crippen molar-refractivity contribution >= 4 is 34.3 Å². The molecule has 7 nitrogen and oxygen atoms in total. The van der Waals surface area contributed by atoms with Crippen LogP contribution in [0.3, 0.4) is 0 Å². The summed E-state index contributed by atoms with van der Waals surface area (Å²) in [6.07, 6.45) is -0.669. The summed E-state index contributed by atoms with van der Waals surface area (Å²) in [4.78, 5) is 28.0. The van der Waals surface area contributed by atoms with E-state index in [-0.39, 0.29) is 17.2 Å². The average Bonchev–Trinajstić information content (AvgIpc) is 3.08. The van der Waals surface area contributed by atoms with Crippen LogP contribution in [0.15, 0.2) is 42.5 Å². The van der Waals surface area contributed by atoms with E-state index < -0.39 is 6.09 Å². The fourth-order valence-electron chi connectivity index (χ4n) is 3.08. The molecule has 31 heavy (non-hydrogen) atoms. The lowest BCUT2D eigenvalue weighted by atomic mass is 9.86. The molecule has 0 bridgehead atoms. The molecule has 2 aromatic carbocycles. The van der Waals surface area contributed by atoms with Gasteiger partial charge in [-0.25, -0.2) is 4.79 Å². The first kappa shape index (κ1) is 22.2. The highest BCUT2D eigenvalue weighted by Gasteiger charge is 2.23. The summed E-state index contributed by atoms with van der Waals surface area (Å²) in [7, 11) is 1.49. The van der Waals surface area contributed by atoms with E-state index in [1.54, 1.807) is 6.07 Å². The van der Waals surface area contributed by atoms with Gasteiger partial charge in [-0.2, -0.15) is 0 Å². The number of rotatable bonds is 5. The van der Waals surface area contributed by atoms with Crippen LogP contribution in [-0.4, -0.2) is 24.1 Å². The highest BCUT2D eigenvalue weighted by Crippen LogP contribution is 2.39. The molecule has 0 unspecified atom stereocenters. The summed E-state index contributed by atoms with van der Waals surface area (Å²) in [5.74, 6) is 0.343. The van der Waals surface area contributed by atoms with Crippen molar-refractivity contribution in [2.45, 2.75) is 40.0 Å². The Bertz CT molecular complexity index is 1080. The number of ether oxygens (including phenoxy) is 2. The zero-order valence-electron chi connectivity index (χ0n) is 18.8. The van der Waals surface area contributed by atoms with Crippen LogP contribution < -0.4 is 20.1 Å². The second-order valence-electron chi connectivity index (χ2n) is 8.73. The van der Waals surface area contributed by atoms with Gasteiger partial charge in [0.2, 0.25) is 11.8 Å². The number of nitrogens with one attached hydrogen (secondary N) is 3. The van der Waals surface area contributed by atoms with Crippen molar-refractivity contribution in [1.82, 2.24) is 4.98 Å². The van der Waals surface area contributed by atoms with E-state index in [4.69, 9.17) is 9.47 Å². The molecule has 1 heterocycles. The first-order chi connectivity index (χ1) is 14.6. The average molecular weight is 424 g/mol. The molecule has 0 aliphatic carbocycles. The summed E-state index contributed by atoms with van der Waals surface area (Å²) in [5, 5.41) is 6.59. The number of amides is 2. The van der Waals surface area contributed by atoms with E-state index in [1.807, 2.05) is 50.2 Å². The number of anilines is 2. The SMILES string of the molecule is COc1c(NC(=O)Oc2cc3ccccc3[nH]2)cc(C(C)(C)C)cc1NC(=O)C(C)C. The first-order valence-electron chi connectivity index (χ1n) is 10.2. The molecule has 0 radical (unpaired) electrons. The number of H-pyrrole nitrogens is 1. The maximum atomic E-state index is 12.6. The molecule has 0 saturated carbocycles. The third kappa shape index (κ3) is 5.17. The van der Waals surface area contributed by atoms with Crippen molar-refractivity contribution in [1.29, 1.82) is 0 Å². The predicted molar refractivity (Wildman–Crippen MR) is 123 cm³/mol. The third-order valence-electron chi connectivity index (χ3n) is 4.89. The van der Waals surface area contributed by atoms with Gasteiger partial charge >= 0.3 is 6.09 Å². The van der Waals surface area contributed by atoms with E-state index in [9.17, 15) is 9.59 Å². The Balaban J connectivity index is 1.91. The van der Waals surface area contributed by atoms with Gasteiger partial charge in [0.05, 0.1) is 18.5 Å². The smallest absolute Gasteiger partial charge is 0.418 e. The molecule has 0 aliphatic rings. The van der Waals surface area contributed by atoms with Crippen LogP contribution in [0.5, 0.6) is 11.6 Å². The Kier molecular flexibility index (Phi) is 6.24. The molecule has 2 amide bonds. The minimum atomic E-state index is -0.669. The monoisotopic (exact) mass is 423 g/mol. The third-order valence-corrected chi connectivity index (χ3v) is 4.89. The van der Waals surface area contributed by atoms with E-state index >= 15 is 0 Å². The normalized spacial score (nSPS) is 11.5. The van der Waals surface area contributed by atoms with E-state index in [1.165, 1.54) is 7.11 Å². The highest BCUT2D eigenvalue weighted by atomic mass is 16.6. The molecule has 3 rings (SSSR count). The molecule has 0 aliphatic heterocycles. The molecule has 0 saturated heterocycles. The summed E-state index contributed by atoms with van der Waals surface area (Å²) in [6.45, 7) is 9.78. The van der Waals surface area contributed by atoms with Crippen molar-refractivity contribution in [2.75, 3.05) is 17.7 Å². The number of fused-ring (bicyclic) bond motifs is 1. The number of benzene rings is 2. The summed E-state index contributed by atoms with van der Waals surface area (Å²) in [6, 6.07) is 13.1. The number of carbonyl (C=O) groups excluding carboxylic acids is 2. The van der Waals surface area contributed by atoms with Gasteiger partial charge in [-0.05, 0) is 29.2 Å². The maximum absolute atomic E-state index is 12.6. The quantitative estimate of drug-likeness (QED) is 0.492. The molecule has 164 valence electrons. The number of aromatic nitrogens is 1. The van der Waals surface area contributed by atoms with E-state index in [2.05, 4.69) is 36.4 Å². The van der Waals surface area contributed by atoms with Crippen LogP contribution in [0.4, 0.5) is 16.2 Å². The Morgan fingerprint density at radius 2 is 1.65 bits per heavy atom. The Morgan fingerprint density at radius 3 is 2.23 bits per heavy atom. The van der Waals surface area contributed by atoms with Crippen molar-refractivity contribution in [2.24, 2.45) is 5.92 Å². The topological polar surface area (TPSA) is 92.4 Å². The van der Waals surface area contributed by atoms with Crippen molar-refractivity contribution in [3.05, 3.63) is 48.0 Å². The number of hydrogen-bond acceptors (Lipinski definition) is 4. The second-order valence-corrected chi connectivity index (χ2v) is 8.73. The minimum absolute atomic E-state index is 0.143. The standard InChI is InChI=1S/C24H29N3O4/c1-14(2)22(28)26-18-12-16(24(3,4)5)13-19(21(18)30-6)27-23(29)31-20-11-15-9-7-8-10-17(15)25-20/h7-14,25H,1-6H3,(H,26,28)(H,27,29). The van der Waals surface area contributed by atoms with Gasteiger partial charge in [0.25, 0.3) is 0 Å². The van der Waals surface area contributed by atoms with Gasteiger partial charge < -0.3 is 19.8 Å². The fraction of sp³-hybridized carbons (Fsp3) is 0.333. The largest absolute Gasteiger partial charge is 0.492 e. The Morgan fingerprint density at radius 1 is 1.00 bits per heavy atom. The van der Waals surface area contributed by atoms with E-state index in [0.717, 1.165) is 16.5 Å². The zero-order chi connectivity index (χ0) is 22.8. The predicted octanol–water partition coefficient (Wildman–Crippen LogP) is 5.68. The van der Waals surface area contributed by atoms with E-state index in [0.29, 0.717) is 23.0 Å². The number of methoxy groups -OCH3 is 1. The second kappa shape index (κ2) is 8.71. The molecule has 0 atom stereocenters. The molecule has 1 aromatic heterocycles. The first-order valence-corrected chi connectivity index (χ1v) is 10.2. The fourth-order valence-corrected chi connectivity index (χ4v) is 3.08. The molecule has 3 aromatic rings. The van der Waals surface area contributed by atoms with Gasteiger partial charge in [-0.3, -0.25) is 10.1 Å². The number of carbonyl (C=O) groups is 2. The van der Waals surface area contributed by atoms with Crippen LogP contribution in [0.1, 0.15) is 40.2 Å². The molecular formula is C24H29N3O4. The maximum Gasteiger partial charge on any atom is 0.418 e. The highest BCUT2D eigenvalue weighted by molar-refractivity contribution is 5.97. The molecule has 7 heteroatoms. The number of hydrogen-bond donors (Lipinski definition) is 3. The molecular weight excluding hydrogens is 394 g/mol. The van der Waals surface area contributed by atoms with Crippen molar-refractivity contribution in [3.8, 4) is 11.6 Å².